The second-order valence-corrected chi connectivity index (χ2v) is 8.62. The van der Waals surface area contributed by atoms with Crippen molar-refractivity contribution < 1.29 is 46.5 Å². The minimum absolute atomic E-state index is 0. The number of hydrogen-bond donors (Lipinski definition) is 0. The second kappa shape index (κ2) is 9.04. The van der Waals surface area contributed by atoms with Gasteiger partial charge in [-0.15, -0.1) is 78.5 Å². The van der Waals surface area contributed by atoms with E-state index in [4.69, 9.17) is 0 Å². The van der Waals surface area contributed by atoms with E-state index >= 15 is 0 Å². The van der Waals surface area contributed by atoms with E-state index in [2.05, 4.69) is 111 Å². The summed E-state index contributed by atoms with van der Waals surface area (Å²) in [7, 11) is 0. The van der Waals surface area contributed by atoms with Crippen LogP contribution in [0.3, 0.4) is 0 Å². The molecule has 0 amide bonds. The van der Waals surface area contributed by atoms with E-state index in [0.29, 0.717) is 0 Å². The van der Waals surface area contributed by atoms with Crippen molar-refractivity contribution in [2.45, 2.75) is 19.3 Å². The zero-order valence-corrected chi connectivity index (χ0v) is 21.1. The summed E-state index contributed by atoms with van der Waals surface area (Å²) in [5, 5.41) is 10.8. The second-order valence-electron chi connectivity index (χ2n) is 8.62. The first-order valence-corrected chi connectivity index (χ1v) is 10.3. The van der Waals surface area contributed by atoms with E-state index in [0.717, 1.165) is 0 Å². The zero-order valence-electron chi connectivity index (χ0n) is 18.0. The monoisotopic (exact) mass is 488 g/mol. The maximum atomic E-state index is 2.37. The van der Waals surface area contributed by atoms with Crippen LogP contribution in [-0.2, 0) is 27.1 Å². The van der Waals surface area contributed by atoms with Crippen molar-refractivity contribution in [1.82, 2.24) is 0 Å². The summed E-state index contributed by atoms with van der Waals surface area (Å²) in [6, 6.07) is 35.7. The minimum atomic E-state index is -0.103. The first kappa shape index (κ1) is 24.6. The fourth-order valence-electron chi connectivity index (χ4n) is 5.19. The standard InChI is InChI=1S/C29H22.2ClH.Ti/c1-29(2,27-15-7-13-23-21-11-5-3-9-19(21)17-25(23)27)28-16-8-14-24-22-12-6-4-10-20(22)18-26(24)28;;;/h3-18H,1-2H3;2*1H;/q-2;;;+4/p-2. The average Bonchev–Trinajstić information content (AvgIpc) is 3.31. The number of halogens is 2. The minimum Gasteiger partial charge on any atom is -1.00 e. The van der Waals surface area contributed by atoms with Crippen molar-refractivity contribution >= 4 is 43.1 Å². The average molecular weight is 489 g/mol. The van der Waals surface area contributed by atoms with Gasteiger partial charge in [-0.3, -0.25) is 0 Å². The molecule has 6 aromatic rings. The Morgan fingerprint density at radius 3 is 1.31 bits per heavy atom. The number of benzene rings is 4. The number of rotatable bonds is 2. The molecule has 156 valence electrons. The Morgan fingerprint density at radius 2 is 0.875 bits per heavy atom. The van der Waals surface area contributed by atoms with Crippen LogP contribution in [0.5, 0.6) is 0 Å². The summed E-state index contributed by atoms with van der Waals surface area (Å²) < 4.78 is 0. The zero-order chi connectivity index (χ0) is 19.6. The Kier molecular flexibility index (Phi) is 6.94. The van der Waals surface area contributed by atoms with Gasteiger partial charge >= 0.3 is 21.7 Å². The van der Waals surface area contributed by atoms with E-state index in [1.54, 1.807) is 0 Å². The molecule has 0 nitrogen and oxygen atoms in total. The third-order valence-corrected chi connectivity index (χ3v) is 6.66. The van der Waals surface area contributed by atoms with Gasteiger partial charge in [0.15, 0.2) is 0 Å². The van der Waals surface area contributed by atoms with E-state index in [-0.39, 0.29) is 51.9 Å². The maximum Gasteiger partial charge on any atom is 4.00 e. The Bertz CT molecular complexity index is 1420. The summed E-state index contributed by atoms with van der Waals surface area (Å²) in [6.07, 6.45) is 0. The van der Waals surface area contributed by atoms with Crippen molar-refractivity contribution in [1.29, 1.82) is 0 Å². The summed E-state index contributed by atoms with van der Waals surface area (Å²) in [4.78, 5) is 0. The van der Waals surface area contributed by atoms with Gasteiger partial charge in [-0.1, -0.05) is 86.6 Å². The summed E-state index contributed by atoms with van der Waals surface area (Å²) in [5.41, 5.74) is 2.68. The van der Waals surface area contributed by atoms with Gasteiger partial charge in [0, 0.05) is 0 Å². The summed E-state index contributed by atoms with van der Waals surface area (Å²) in [5.74, 6) is 0. The van der Waals surface area contributed by atoms with Gasteiger partial charge in [-0.25, -0.2) is 0 Å². The van der Waals surface area contributed by atoms with Crippen LogP contribution < -0.4 is 24.8 Å². The van der Waals surface area contributed by atoms with Crippen molar-refractivity contribution in [3.05, 3.63) is 108 Å². The summed E-state index contributed by atoms with van der Waals surface area (Å²) >= 11 is 0. The van der Waals surface area contributed by atoms with Crippen LogP contribution in [0, 0.1) is 0 Å². The summed E-state index contributed by atoms with van der Waals surface area (Å²) in [6.45, 7) is 4.73. The van der Waals surface area contributed by atoms with E-state index in [1.807, 2.05) is 0 Å². The van der Waals surface area contributed by atoms with Crippen LogP contribution in [0.2, 0.25) is 0 Å². The molecule has 0 N–H and O–H groups in total. The van der Waals surface area contributed by atoms with E-state index in [1.165, 1.54) is 54.2 Å². The van der Waals surface area contributed by atoms with Crippen LogP contribution in [0.25, 0.3) is 43.1 Å². The van der Waals surface area contributed by atoms with Gasteiger partial charge in [0.1, 0.15) is 0 Å². The van der Waals surface area contributed by atoms with E-state index in [9.17, 15) is 0 Å². The molecule has 0 saturated carbocycles. The van der Waals surface area contributed by atoms with Gasteiger partial charge in [0.2, 0.25) is 0 Å². The molecule has 32 heavy (non-hydrogen) atoms. The molecule has 0 radical (unpaired) electrons. The van der Waals surface area contributed by atoms with Gasteiger partial charge in [-0.05, 0) is 5.41 Å². The Morgan fingerprint density at radius 1 is 0.500 bits per heavy atom. The molecule has 0 saturated heterocycles. The van der Waals surface area contributed by atoms with Crippen molar-refractivity contribution in [3.8, 4) is 0 Å². The molecular formula is C29H22Cl2Ti. The molecule has 6 rings (SSSR count). The molecule has 0 aliphatic heterocycles. The van der Waals surface area contributed by atoms with Crippen LogP contribution in [0.4, 0.5) is 0 Å². The van der Waals surface area contributed by atoms with Gasteiger partial charge in [-0.2, -0.15) is 0 Å². The predicted octanol–water partition coefficient (Wildman–Crippen LogP) is 2.07. The topological polar surface area (TPSA) is 0 Å². The van der Waals surface area contributed by atoms with Crippen LogP contribution in [0.1, 0.15) is 25.0 Å². The first-order chi connectivity index (χ1) is 14.1. The molecule has 0 aliphatic carbocycles. The van der Waals surface area contributed by atoms with Crippen LogP contribution in [0.15, 0.2) is 97.1 Å². The van der Waals surface area contributed by atoms with Gasteiger partial charge < -0.3 is 24.8 Å². The quantitative estimate of drug-likeness (QED) is 0.258. The number of fused-ring (bicyclic) bond motifs is 6. The normalized spacial score (nSPS) is 11.3. The fourth-order valence-corrected chi connectivity index (χ4v) is 5.19. The number of hydrogen-bond acceptors (Lipinski definition) is 0. The molecule has 0 unspecified atom stereocenters. The largest absolute Gasteiger partial charge is 4.00 e. The van der Waals surface area contributed by atoms with Gasteiger partial charge in [0.25, 0.3) is 0 Å². The molecule has 3 heteroatoms. The van der Waals surface area contributed by atoms with Crippen LogP contribution >= 0.6 is 0 Å². The van der Waals surface area contributed by atoms with Crippen molar-refractivity contribution in [2.75, 3.05) is 0 Å². The molecule has 0 heterocycles. The smallest absolute Gasteiger partial charge is 1.00 e. The molecule has 0 atom stereocenters. The molecule has 0 aliphatic rings. The third-order valence-electron chi connectivity index (χ3n) is 6.66. The predicted molar refractivity (Wildman–Crippen MR) is 126 cm³/mol. The Hall–Kier alpha value is -2.09. The fraction of sp³-hybridized carbons (Fsp3) is 0.103. The van der Waals surface area contributed by atoms with Crippen molar-refractivity contribution in [2.24, 2.45) is 0 Å². The molecule has 0 spiro atoms. The van der Waals surface area contributed by atoms with Gasteiger partial charge in [0.05, 0.1) is 0 Å². The molecule has 0 aromatic heterocycles. The first-order valence-electron chi connectivity index (χ1n) is 10.3. The Balaban J connectivity index is 0.000000963. The third kappa shape index (κ3) is 3.51. The maximum absolute atomic E-state index is 2.37. The molecule has 6 aromatic carbocycles. The van der Waals surface area contributed by atoms with E-state index < -0.39 is 0 Å². The molecule has 0 fully saturated rings. The SMILES string of the molecule is CC(C)(c1cccc2c1[cH-]c1ccccc12)c1cccc2c1[cH-]c1ccccc12.[Cl-].[Cl-].[Ti+4]. The molecular weight excluding hydrogens is 467 g/mol. The van der Waals surface area contributed by atoms with Crippen LogP contribution in [-0.4, -0.2) is 0 Å². The Labute approximate surface area is 216 Å². The van der Waals surface area contributed by atoms with Crippen molar-refractivity contribution in [3.63, 3.8) is 0 Å². The molecule has 0 bridgehead atoms.